The van der Waals surface area contributed by atoms with Crippen LogP contribution in [0.25, 0.3) is 6.08 Å². The first-order valence-electron chi connectivity index (χ1n) is 15.4. The summed E-state index contributed by atoms with van der Waals surface area (Å²) in [6, 6.07) is 13.6. The van der Waals surface area contributed by atoms with Crippen LogP contribution in [-0.4, -0.2) is 87.7 Å². The molecule has 0 aromatic heterocycles. The van der Waals surface area contributed by atoms with Gasteiger partial charge in [-0.2, -0.15) is 0 Å². The average molecular weight is 699 g/mol. The summed E-state index contributed by atoms with van der Waals surface area (Å²) in [7, 11) is 0. The minimum Gasteiger partial charge on any atom is -0.481 e. The Labute approximate surface area is 288 Å². The zero-order chi connectivity index (χ0) is 37.7. The summed E-state index contributed by atoms with van der Waals surface area (Å²) in [5, 5.41) is 51.9. The Hall–Kier alpha value is -6.01. The second kappa shape index (κ2) is 21.8. The Kier molecular flexibility index (Phi) is 18.3. The lowest BCUT2D eigenvalue weighted by Gasteiger charge is -2.30. The summed E-state index contributed by atoms with van der Waals surface area (Å²) in [5.74, 6) is -5.28. The molecule has 0 spiro atoms. The molecular weight excluding hydrogens is 652 g/mol. The molecule has 18 heteroatoms. The lowest BCUT2D eigenvalue weighted by atomic mass is 9.86. The van der Waals surface area contributed by atoms with Gasteiger partial charge in [0.1, 0.15) is 11.6 Å². The van der Waals surface area contributed by atoms with Crippen molar-refractivity contribution in [3.8, 4) is 0 Å². The molecule has 0 fully saturated rings. The van der Waals surface area contributed by atoms with Crippen LogP contribution in [0.2, 0.25) is 0 Å². The molecule has 0 heterocycles. The van der Waals surface area contributed by atoms with Gasteiger partial charge >= 0.3 is 17.9 Å². The van der Waals surface area contributed by atoms with Gasteiger partial charge in [0, 0.05) is 24.7 Å². The normalized spacial score (nSPS) is 12.9. The molecule has 0 aliphatic rings. The molecule has 0 saturated carbocycles. The number of nitrogens with two attached hydrogens (primary N) is 4. The number of rotatable bonds is 19. The number of carbonyl (C=O) groups excluding carboxylic acids is 2. The van der Waals surface area contributed by atoms with Crippen molar-refractivity contribution in [3.05, 3.63) is 71.8 Å². The number of carbonyl (C=O) groups is 5. The molecule has 17 N–H and O–H groups in total. The highest BCUT2D eigenvalue weighted by Crippen LogP contribution is 2.21. The van der Waals surface area contributed by atoms with Crippen LogP contribution in [0, 0.1) is 10.8 Å². The summed E-state index contributed by atoms with van der Waals surface area (Å²) < 4.78 is 0. The van der Waals surface area contributed by atoms with E-state index in [0.717, 1.165) is 5.56 Å². The summed E-state index contributed by atoms with van der Waals surface area (Å²) in [5.41, 5.74) is 21.7. The molecule has 0 bridgehead atoms. The molecule has 0 saturated heterocycles. The number of carboxylic acids is 3. The Morgan fingerprint density at radius 3 is 2.06 bits per heavy atom. The Morgan fingerprint density at radius 2 is 1.54 bits per heavy atom. The molecular formula is C32H46N10O8. The predicted molar refractivity (Wildman–Crippen MR) is 187 cm³/mol. The first kappa shape index (κ1) is 42.0. The first-order valence-corrected chi connectivity index (χ1v) is 15.4. The maximum Gasteiger partial charge on any atom is 0.329 e. The van der Waals surface area contributed by atoms with Crippen molar-refractivity contribution in [2.45, 2.75) is 56.1 Å². The van der Waals surface area contributed by atoms with E-state index in [1.807, 2.05) is 30.3 Å². The quantitative estimate of drug-likeness (QED) is 0.0382. The van der Waals surface area contributed by atoms with Crippen LogP contribution in [0.15, 0.2) is 60.7 Å². The molecule has 272 valence electrons. The third-order valence-corrected chi connectivity index (χ3v) is 6.88. The van der Waals surface area contributed by atoms with E-state index in [0.29, 0.717) is 37.2 Å². The molecule has 50 heavy (non-hydrogen) atoms. The molecule has 18 nitrogen and oxygen atoms in total. The van der Waals surface area contributed by atoms with E-state index in [1.165, 1.54) is 6.08 Å². The number of anilines is 1. The topological polar surface area (TPSA) is 346 Å². The number of aliphatic carboxylic acids is 3. The van der Waals surface area contributed by atoms with Crippen LogP contribution in [0.1, 0.15) is 43.2 Å². The van der Waals surface area contributed by atoms with Gasteiger partial charge in [-0.15, -0.1) is 0 Å². The molecule has 2 rings (SSSR count). The van der Waals surface area contributed by atoms with Gasteiger partial charge in [-0.25, -0.2) is 9.59 Å². The maximum atomic E-state index is 12.7. The van der Waals surface area contributed by atoms with Crippen LogP contribution in [-0.2, 0) is 30.4 Å². The second-order valence-corrected chi connectivity index (χ2v) is 11.0. The minimum absolute atomic E-state index is 0.105. The maximum absolute atomic E-state index is 12.7. The lowest BCUT2D eigenvalue weighted by Crippen LogP contribution is -2.56. The van der Waals surface area contributed by atoms with E-state index in [2.05, 4.69) is 21.3 Å². The van der Waals surface area contributed by atoms with Gasteiger partial charge in [0.15, 0.2) is 11.9 Å². The van der Waals surface area contributed by atoms with Crippen LogP contribution >= 0.6 is 0 Å². The summed E-state index contributed by atoms with van der Waals surface area (Å²) in [6.07, 6.45) is 3.55. The number of hydrogen-bond donors (Lipinski definition) is 13. The number of carboxylic acid groups (broad SMARTS) is 3. The zero-order valence-corrected chi connectivity index (χ0v) is 27.4. The fourth-order valence-electron chi connectivity index (χ4n) is 4.41. The van der Waals surface area contributed by atoms with E-state index in [-0.39, 0.29) is 31.2 Å². The molecule has 0 aliphatic carbocycles. The van der Waals surface area contributed by atoms with Gasteiger partial charge < -0.3 is 59.5 Å². The number of amides is 2. The number of guanidine groups is 2. The molecule has 2 aromatic carbocycles. The molecule has 0 radical (unpaired) electrons. The van der Waals surface area contributed by atoms with Gasteiger partial charge in [-0.1, -0.05) is 42.5 Å². The second-order valence-electron chi connectivity index (χ2n) is 11.0. The SMILES string of the molecule is N=C(N)NCCC[C@](Cc1ccccc1)(NC(=O)C=Cc1ccc(NC(=N)N)cc1)C(=O)O.NCCC[C@H](NC(=O)[C@@H](N)CC(=O)O)C(=O)O. The van der Waals surface area contributed by atoms with Gasteiger partial charge in [0.05, 0.1) is 12.5 Å². The first-order chi connectivity index (χ1) is 23.6. The van der Waals surface area contributed by atoms with Gasteiger partial charge in [0.2, 0.25) is 11.8 Å². The van der Waals surface area contributed by atoms with Crippen molar-refractivity contribution >= 4 is 53.4 Å². The molecule has 2 aromatic rings. The lowest BCUT2D eigenvalue weighted by molar-refractivity contribution is -0.147. The van der Waals surface area contributed by atoms with Gasteiger partial charge in [-0.3, -0.25) is 25.2 Å². The number of nitrogens with one attached hydrogen (secondary N) is 6. The van der Waals surface area contributed by atoms with Crippen LogP contribution in [0.4, 0.5) is 5.69 Å². The molecule has 3 atom stereocenters. The molecule has 0 unspecified atom stereocenters. The Balaban J connectivity index is 0.000000621. The van der Waals surface area contributed by atoms with E-state index < -0.39 is 53.8 Å². The highest BCUT2D eigenvalue weighted by Gasteiger charge is 2.39. The van der Waals surface area contributed by atoms with Crippen molar-refractivity contribution in [1.29, 1.82) is 10.8 Å². The summed E-state index contributed by atoms with van der Waals surface area (Å²) in [6.45, 7) is 0.617. The third kappa shape index (κ3) is 16.7. The van der Waals surface area contributed by atoms with E-state index in [4.69, 9.17) is 44.0 Å². The third-order valence-electron chi connectivity index (χ3n) is 6.88. The summed E-state index contributed by atoms with van der Waals surface area (Å²) >= 11 is 0. The van der Waals surface area contributed by atoms with Crippen molar-refractivity contribution < 1.29 is 39.3 Å². The Bertz CT molecular complexity index is 1490. The highest BCUT2D eigenvalue weighted by atomic mass is 16.4. The van der Waals surface area contributed by atoms with E-state index in [1.54, 1.807) is 30.3 Å². The minimum atomic E-state index is -1.53. The van der Waals surface area contributed by atoms with Crippen LogP contribution in [0.3, 0.4) is 0 Å². The monoisotopic (exact) mass is 698 g/mol. The predicted octanol–water partition coefficient (Wildman–Crippen LogP) is -0.453. The van der Waals surface area contributed by atoms with E-state index in [9.17, 15) is 29.1 Å². The number of hydrogen-bond acceptors (Lipinski definition) is 9. The smallest absolute Gasteiger partial charge is 0.329 e. The largest absolute Gasteiger partial charge is 0.481 e. The highest BCUT2D eigenvalue weighted by molar-refractivity contribution is 5.96. The fraction of sp³-hybridized carbons (Fsp3) is 0.344. The van der Waals surface area contributed by atoms with E-state index >= 15 is 0 Å². The molecule has 2 amide bonds. The van der Waals surface area contributed by atoms with Crippen molar-refractivity contribution in [1.82, 2.24) is 16.0 Å². The van der Waals surface area contributed by atoms with Gasteiger partial charge in [-0.05, 0) is 61.6 Å². The Morgan fingerprint density at radius 1 is 0.900 bits per heavy atom. The van der Waals surface area contributed by atoms with Crippen molar-refractivity contribution in [3.63, 3.8) is 0 Å². The average Bonchev–Trinajstić information content (AvgIpc) is 3.04. The number of benzene rings is 2. The van der Waals surface area contributed by atoms with Crippen LogP contribution in [0.5, 0.6) is 0 Å². The molecule has 0 aliphatic heterocycles. The van der Waals surface area contributed by atoms with Gasteiger partial charge in [0.25, 0.3) is 0 Å². The van der Waals surface area contributed by atoms with Crippen LogP contribution < -0.4 is 44.2 Å². The standard InChI is InChI=1S/C23H29N7O3.C9H17N3O5/c24-21(25)28-14-4-13-23(20(32)33,15-17-5-2-1-3-6-17)30-19(31)12-9-16-7-10-18(11-8-16)29-22(26)27;10-3-1-2-6(9(16)17)12-8(15)5(11)4-7(13)14/h1-3,5-12H,4,13-15H2,(H,30,31)(H,32,33)(H4,24,25,28)(H4,26,27,29);5-6H,1-4,10-11H2,(H,12,15)(H,13,14)(H,16,17)/t23-;5-,6-/m10/s1. The zero-order valence-electron chi connectivity index (χ0n) is 27.4. The van der Waals surface area contributed by atoms with Crippen molar-refractivity contribution in [2.24, 2.45) is 22.9 Å². The summed E-state index contributed by atoms with van der Waals surface area (Å²) in [4.78, 5) is 57.5. The fourth-order valence-corrected chi connectivity index (χ4v) is 4.41. The van der Waals surface area contributed by atoms with Crippen molar-refractivity contribution in [2.75, 3.05) is 18.4 Å².